The molecule has 0 radical (unpaired) electrons. The number of aromatic nitrogens is 1. The minimum atomic E-state index is 1.02. The molecule has 0 unspecified atom stereocenters. The maximum absolute atomic E-state index is 4.73. The summed E-state index contributed by atoms with van der Waals surface area (Å²) in [6, 6.07) is 14.6. The molecule has 1 nitrogen and oxygen atoms in total. The third-order valence-electron chi connectivity index (χ3n) is 3.06. The molecule has 0 atom stereocenters. The number of hydrogen-bond acceptors (Lipinski definition) is 2. The Bertz CT molecular complexity index is 747. The van der Waals surface area contributed by atoms with E-state index in [-0.39, 0.29) is 0 Å². The van der Waals surface area contributed by atoms with Crippen molar-refractivity contribution >= 4 is 43.2 Å². The van der Waals surface area contributed by atoms with Crippen molar-refractivity contribution in [1.29, 1.82) is 0 Å². The summed E-state index contributed by atoms with van der Waals surface area (Å²) in [5, 5.41) is 3.15. The molecule has 3 rings (SSSR count). The molecular formula is C16H11Br2NS. The highest BCUT2D eigenvalue weighted by atomic mass is 79.9. The zero-order valence-electron chi connectivity index (χ0n) is 10.7. The van der Waals surface area contributed by atoms with Crippen LogP contribution in [-0.4, -0.2) is 4.98 Å². The van der Waals surface area contributed by atoms with Crippen LogP contribution in [0.25, 0.3) is 21.8 Å². The van der Waals surface area contributed by atoms with Crippen molar-refractivity contribution in [2.75, 3.05) is 0 Å². The summed E-state index contributed by atoms with van der Waals surface area (Å²) in [4.78, 5) is 4.73. The first-order valence-electron chi connectivity index (χ1n) is 6.11. The van der Waals surface area contributed by atoms with Crippen LogP contribution in [0.1, 0.15) is 5.56 Å². The lowest BCUT2D eigenvalue weighted by Crippen LogP contribution is -1.81. The molecule has 0 bridgehead atoms. The van der Waals surface area contributed by atoms with E-state index in [1.807, 2.05) is 12.1 Å². The third-order valence-corrected chi connectivity index (χ3v) is 5.34. The molecule has 100 valence electrons. The van der Waals surface area contributed by atoms with Gasteiger partial charge < -0.3 is 0 Å². The summed E-state index contributed by atoms with van der Waals surface area (Å²) >= 11 is 8.70. The van der Waals surface area contributed by atoms with Crippen LogP contribution in [0.3, 0.4) is 0 Å². The van der Waals surface area contributed by atoms with Gasteiger partial charge in [0.15, 0.2) is 0 Å². The van der Waals surface area contributed by atoms with E-state index in [0.29, 0.717) is 0 Å². The SMILES string of the molecule is Cc1ccc(-c2nc(-c3ccc(Br)cc3)cs2)cc1Br. The third kappa shape index (κ3) is 2.87. The molecule has 1 heterocycles. The Morgan fingerprint density at radius 1 is 0.950 bits per heavy atom. The molecule has 0 N–H and O–H groups in total. The average Bonchev–Trinajstić information content (AvgIpc) is 2.92. The molecule has 1 aromatic heterocycles. The van der Waals surface area contributed by atoms with Crippen LogP contribution in [0.5, 0.6) is 0 Å². The van der Waals surface area contributed by atoms with Crippen molar-refractivity contribution in [3.05, 3.63) is 62.4 Å². The first-order chi connectivity index (χ1) is 9.63. The summed E-state index contributed by atoms with van der Waals surface area (Å²) in [5.41, 5.74) is 4.55. The Morgan fingerprint density at radius 2 is 1.65 bits per heavy atom. The molecule has 0 aliphatic rings. The van der Waals surface area contributed by atoms with E-state index in [9.17, 15) is 0 Å². The smallest absolute Gasteiger partial charge is 0.124 e. The highest BCUT2D eigenvalue weighted by Gasteiger charge is 2.07. The van der Waals surface area contributed by atoms with Gasteiger partial charge in [-0.3, -0.25) is 0 Å². The summed E-state index contributed by atoms with van der Waals surface area (Å²) in [6.45, 7) is 2.09. The molecule has 0 aliphatic carbocycles. The van der Waals surface area contributed by atoms with Gasteiger partial charge in [0, 0.05) is 25.5 Å². The van der Waals surface area contributed by atoms with E-state index in [1.165, 1.54) is 5.56 Å². The van der Waals surface area contributed by atoms with Crippen LogP contribution in [0.15, 0.2) is 56.8 Å². The summed E-state index contributed by atoms with van der Waals surface area (Å²) in [5.74, 6) is 0. The van der Waals surface area contributed by atoms with Gasteiger partial charge in [-0.1, -0.05) is 56.1 Å². The molecule has 0 spiro atoms. The second-order valence-electron chi connectivity index (χ2n) is 4.51. The summed E-state index contributed by atoms with van der Waals surface area (Å²) in [6.07, 6.45) is 0. The van der Waals surface area contributed by atoms with Gasteiger partial charge in [0.1, 0.15) is 5.01 Å². The van der Waals surface area contributed by atoms with Crippen LogP contribution in [-0.2, 0) is 0 Å². The highest BCUT2D eigenvalue weighted by molar-refractivity contribution is 9.10. The lowest BCUT2D eigenvalue weighted by molar-refractivity contribution is 1.38. The van der Waals surface area contributed by atoms with Crippen molar-refractivity contribution in [3.8, 4) is 21.8 Å². The van der Waals surface area contributed by atoms with E-state index in [1.54, 1.807) is 11.3 Å². The molecule has 2 aromatic carbocycles. The molecule has 0 saturated carbocycles. The Morgan fingerprint density at radius 3 is 2.35 bits per heavy atom. The van der Waals surface area contributed by atoms with Gasteiger partial charge in [-0.2, -0.15) is 0 Å². The van der Waals surface area contributed by atoms with Crippen molar-refractivity contribution in [2.24, 2.45) is 0 Å². The minimum absolute atomic E-state index is 1.02. The minimum Gasteiger partial charge on any atom is -0.236 e. The zero-order valence-corrected chi connectivity index (χ0v) is 14.7. The van der Waals surface area contributed by atoms with E-state index >= 15 is 0 Å². The van der Waals surface area contributed by atoms with E-state index in [2.05, 4.69) is 74.5 Å². The maximum Gasteiger partial charge on any atom is 0.124 e. The predicted octanol–water partition coefficient (Wildman–Crippen LogP) is 6.31. The quantitative estimate of drug-likeness (QED) is 0.484. The topological polar surface area (TPSA) is 12.9 Å². The second kappa shape index (κ2) is 5.80. The number of thiazole rings is 1. The predicted molar refractivity (Wildman–Crippen MR) is 93.1 cm³/mol. The normalized spacial score (nSPS) is 10.8. The molecule has 0 aliphatic heterocycles. The number of halogens is 2. The fourth-order valence-electron chi connectivity index (χ4n) is 1.89. The second-order valence-corrected chi connectivity index (χ2v) is 7.14. The standard InChI is InChI=1S/C16H11Br2NS/c1-10-2-3-12(8-14(10)18)16-19-15(9-20-16)11-4-6-13(17)7-5-11/h2-9H,1H3. The van der Waals surface area contributed by atoms with Crippen LogP contribution in [0.2, 0.25) is 0 Å². The average molecular weight is 409 g/mol. The number of aryl methyl sites for hydroxylation is 1. The molecular weight excluding hydrogens is 398 g/mol. The van der Waals surface area contributed by atoms with Gasteiger partial charge in [-0.25, -0.2) is 4.98 Å². The Balaban J connectivity index is 1.97. The fraction of sp³-hybridized carbons (Fsp3) is 0.0625. The van der Waals surface area contributed by atoms with Crippen molar-refractivity contribution in [1.82, 2.24) is 4.98 Å². The highest BCUT2D eigenvalue weighted by Crippen LogP contribution is 2.31. The summed E-state index contributed by atoms with van der Waals surface area (Å²) < 4.78 is 2.20. The molecule has 3 aromatic rings. The lowest BCUT2D eigenvalue weighted by Gasteiger charge is -2.01. The molecule has 0 saturated heterocycles. The van der Waals surface area contributed by atoms with Crippen LogP contribution >= 0.6 is 43.2 Å². The van der Waals surface area contributed by atoms with Crippen molar-refractivity contribution in [2.45, 2.75) is 6.92 Å². The number of nitrogens with zero attached hydrogens (tertiary/aromatic N) is 1. The van der Waals surface area contributed by atoms with Gasteiger partial charge in [-0.05, 0) is 30.7 Å². The Hall–Kier alpha value is -0.970. The van der Waals surface area contributed by atoms with Crippen molar-refractivity contribution in [3.63, 3.8) is 0 Å². The molecule has 20 heavy (non-hydrogen) atoms. The number of rotatable bonds is 2. The van der Waals surface area contributed by atoms with Gasteiger partial charge in [0.05, 0.1) is 5.69 Å². The van der Waals surface area contributed by atoms with E-state index in [0.717, 1.165) is 30.8 Å². The number of hydrogen-bond donors (Lipinski definition) is 0. The first kappa shape index (κ1) is 14.0. The van der Waals surface area contributed by atoms with Crippen LogP contribution in [0, 0.1) is 6.92 Å². The fourth-order valence-corrected chi connectivity index (χ4v) is 3.35. The molecule has 0 amide bonds. The van der Waals surface area contributed by atoms with Crippen LogP contribution < -0.4 is 0 Å². The van der Waals surface area contributed by atoms with Crippen LogP contribution in [0.4, 0.5) is 0 Å². The Kier molecular flexibility index (Phi) is 4.06. The van der Waals surface area contributed by atoms with Crippen molar-refractivity contribution < 1.29 is 0 Å². The van der Waals surface area contributed by atoms with Gasteiger partial charge in [0.25, 0.3) is 0 Å². The molecule has 4 heteroatoms. The van der Waals surface area contributed by atoms with Gasteiger partial charge in [-0.15, -0.1) is 11.3 Å². The lowest BCUT2D eigenvalue weighted by atomic mass is 10.1. The largest absolute Gasteiger partial charge is 0.236 e. The van der Waals surface area contributed by atoms with Gasteiger partial charge in [0.2, 0.25) is 0 Å². The van der Waals surface area contributed by atoms with E-state index < -0.39 is 0 Å². The summed E-state index contributed by atoms with van der Waals surface area (Å²) in [7, 11) is 0. The maximum atomic E-state index is 4.73. The number of benzene rings is 2. The molecule has 0 fully saturated rings. The van der Waals surface area contributed by atoms with Gasteiger partial charge >= 0.3 is 0 Å². The monoisotopic (exact) mass is 407 g/mol. The van der Waals surface area contributed by atoms with E-state index in [4.69, 9.17) is 4.98 Å². The first-order valence-corrected chi connectivity index (χ1v) is 8.58. The Labute approximate surface area is 139 Å². The zero-order chi connectivity index (χ0) is 14.1.